The Morgan fingerprint density at radius 2 is 2.10 bits per heavy atom. The molecule has 1 aliphatic carbocycles. The third kappa shape index (κ3) is 4.59. The van der Waals surface area contributed by atoms with Crippen molar-refractivity contribution in [2.75, 3.05) is 19.7 Å². The van der Waals surface area contributed by atoms with Gasteiger partial charge in [0.15, 0.2) is 0 Å². The molecular formula is C15H26N2O4. The number of nitrogens with one attached hydrogen (secondary N) is 1. The first-order valence-electron chi connectivity index (χ1n) is 8.00. The van der Waals surface area contributed by atoms with Gasteiger partial charge >= 0.3 is 12.0 Å². The fraction of sp³-hybridized carbons (Fsp3) is 0.867. The number of carboxylic acid groups (broad SMARTS) is 1. The number of carboxylic acids is 1. The highest BCUT2D eigenvalue weighted by Gasteiger charge is 2.29. The molecule has 1 heterocycles. The normalized spacial score (nSPS) is 29.1. The molecule has 2 N–H and O–H groups in total. The van der Waals surface area contributed by atoms with Gasteiger partial charge in [-0.05, 0) is 39.0 Å². The highest BCUT2D eigenvalue weighted by Crippen LogP contribution is 2.24. The quantitative estimate of drug-likeness (QED) is 0.811. The molecule has 1 saturated heterocycles. The summed E-state index contributed by atoms with van der Waals surface area (Å²) in [6, 6.07) is -0.116. The SMILES string of the molecule is CCN(CC1CCCO1)C(=O)NC1CCCC(C(=O)O)C1. The van der Waals surface area contributed by atoms with Crippen molar-refractivity contribution in [3.8, 4) is 0 Å². The molecule has 21 heavy (non-hydrogen) atoms. The molecule has 2 aliphatic rings. The Balaban J connectivity index is 1.82. The molecule has 0 bridgehead atoms. The maximum atomic E-state index is 12.3. The van der Waals surface area contributed by atoms with Gasteiger partial charge in [-0.1, -0.05) is 6.42 Å². The van der Waals surface area contributed by atoms with Crippen molar-refractivity contribution >= 4 is 12.0 Å². The van der Waals surface area contributed by atoms with Gasteiger partial charge in [0.1, 0.15) is 0 Å². The fourth-order valence-corrected chi connectivity index (χ4v) is 3.20. The van der Waals surface area contributed by atoms with Crippen molar-refractivity contribution < 1.29 is 19.4 Å². The van der Waals surface area contributed by atoms with Gasteiger partial charge in [0, 0.05) is 25.7 Å². The van der Waals surface area contributed by atoms with Crippen LogP contribution in [0.5, 0.6) is 0 Å². The van der Waals surface area contributed by atoms with Gasteiger partial charge in [-0.2, -0.15) is 0 Å². The molecule has 0 radical (unpaired) electrons. The number of hydrogen-bond donors (Lipinski definition) is 2. The topological polar surface area (TPSA) is 78.9 Å². The average molecular weight is 298 g/mol. The van der Waals surface area contributed by atoms with E-state index in [1.165, 1.54) is 0 Å². The largest absolute Gasteiger partial charge is 0.481 e. The van der Waals surface area contributed by atoms with E-state index in [2.05, 4.69) is 5.32 Å². The Morgan fingerprint density at radius 1 is 1.29 bits per heavy atom. The van der Waals surface area contributed by atoms with Crippen molar-refractivity contribution in [3.05, 3.63) is 0 Å². The smallest absolute Gasteiger partial charge is 0.317 e. The summed E-state index contributed by atoms with van der Waals surface area (Å²) in [7, 11) is 0. The predicted octanol–water partition coefficient (Wildman–Crippen LogP) is 1.84. The summed E-state index contributed by atoms with van der Waals surface area (Å²) in [6.07, 6.45) is 5.20. The lowest BCUT2D eigenvalue weighted by Crippen LogP contribution is -2.48. The summed E-state index contributed by atoms with van der Waals surface area (Å²) in [5, 5.41) is 12.1. The van der Waals surface area contributed by atoms with Gasteiger partial charge in [-0.3, -0.25) is 4.79 Å². The Kier molecular flexibility index (Phi) is 5.85. The fourth-order valence-electron chi connectivity index (χ4n) is 3.20. The molecular weight excluding hydrogens is 272 g/mol. The van der Waals surface area contributed by atoms with Crippen molar-refractivity contribution in [1.29, 1.82) is 0 Å². The van der Waals surface area contributed by atoms with Crippen molar-refractivity contribution in [1.82, 2.24) is 10.2 Å². The number of carbonyl (C=O) groups is 2. The minimum Gasteiger partial charge on any atom is -0.481 e. The highest BCUT2D eigenvalue weighted by molar-refractivity contribution is 5.75. The molecule has 6 nitrogen and oxygen atoms in total. The first kappa shape index (κ1) is 16.1. The second-order valence-corrected chi connectivity index (χ2v) is 6.02. The van der Waals surface area contributed by atoms with E-state index >= 15 is 0 Å². The zero-order valence-corrected chi connectivity index (χ0v) is 12.7. The minimum absolute atomic E-state index is 0.0223. The second kappa shape index (κ2) is 7.64. The van der Waals surface area contributed by atoms with Crippen LogP contribution in [0, 0.1) is 5.92 Å². The van der Waals surface area contributed by atoms with Crippen LogP contribution < -0.4 is 5.32 Å². The molecule has 1 saturated carbocycles. The summed E-state index contributed by atoms with van der Waals surface area (Å²) in [5.74, 6) is -1.07. The maximum Gasteiger partial charge on any atom is 0.317 e. The van der Waals surface area contributed by atoms with E-state index in [1.807, 2.05) is 6.92 Å². The number of likely N-dealkylation sites (N-methyl/N-ethyl adjacent to an activating group) is 1. The monoisotopic (exact) mass is 298 g/mol. The van der Waals surface area contributed by atoms with E-state index in [9.17, 15) is 9.59 Å². The molecule has 0 aromatic rings. The van der Waals surface area contributed by atoms with Gasteiger partial charge in [-0.25, -0.2) is 4.79 Å². The molecule has 3 unspecified atom stereocenters. The van der Waals surface area contributed by atoms with Crippen molar-refractivity contribution in [3.63, 3.8) is 0 Å². The van der Waals surface area contributed by atoms with Crippen LogP contribution in [-0.2, 0) is 9.53 Å². The molecule has 0 aromatic heterocycles. The van der Waals surface area contributed by atoms with Crippen molar-refractivity contribution in [2.24, 2.45) is 5.92 Å². The lowest BCUT2D eigenvalue weighted by atomic mass is 9.86. The van der Waals surface area contributed by atoms with E-state index in [0.717, 1.165) is 38.7 Å². The van der Waals surface area contributed by atoms with E-state index in [0.29, 0.717) is 19.5 Å². The van der Waals surface area contributed by atoms with Crippen LogP contribution in [0.25, 0.3) is 0 Å². The lowest BCUT2D eigenvalue weighted by Gasteiger charge is -2.31. The standard InChI is InChI=1S/C15H26N2O4/c1-2-17(10-13-7-4-8-21-13)15(20)16-12-6-3-5-11(9-12)14(18)19/h11-13H,2-10H2,1H3,(H,16,20)(H,18,19). The third-order valence-corrected chi connectivity index (χ3v) is 4.47. The number of ether oxygens (including phenoxy) is 1. The molecule has 0 aromatic carbocycles. The maximum absolute atomic E-state index is 12.3. The van der Waals surface area contributed by atoms with Crippen LogP contribution >= 0.6 is 0 Å². The molecule has 2 amide bonds. The number of carbonyl (C=O) groups excluding carboxylic acids is 1. The molecule has 2 rings (SSSR count). The molecule has 2 fully saturated rings. The predicted molar refractivity (Wildman–Crippen MR) is 78.1 cm³/mol. The second-order valence-electron chi connectivity index (χ2n) is 6.02. The first-order valence-corrected chi connectivity index (χ1v) is 8.00. The van der Waals surface area contributed by atoms with Crippen LogP contribution in [0.3, 0.4) is 0 Å². The van der Waals surface area contributed by atoms with Crippen LogP contribution in [0.2, 0.25) is 0 Å². The number of aliphatic carboxylic acids is 1. The van der Waals surface area contributed by atoms with E-state index in [-0.39, 0.29) is 24.1 Å². The third-order valence-electron chi connectivity index (χ3n) is 4.47. The average Bonchev–Trinajstić information content (AvgIpc) is 2.97. The van der Waals surface area contributed by atoms with Gasteiger partial charge < -0.3 is 20.1 Å². The number of nitrogens with zero attached hydrogens (tertiary/aromatic N) is 1. The Morgan fingerprint density at radius 3 is 2.71 bits per heavy atom. The minimum atomic E-state index is -0.749. The Bertz CT molecular complexity index is 369. The summed E-state index contributed by atoms with van der Waals surface area (Å²) >= 11 is 0. The first-order chi connectivity index (χ1) is 10.1. The molecule has 6 heteroatoms. The number of hydrogen-bond acceptors (Lipinski definition) is 3. The zero-order chi connectivity index (χ0) is 15.2. The zero-order valence-electron chi connectivity index (χ0n) is 12.7. The van der Waals surface area contributed by atoms with Crippen LogP contribution in [-0.4, -0.2) is 53.8 Å². The van der Waals surface area contributed by atoms with E-state index in [1.54, 1.807) is 4.90 Å². The molecule has 3 atom stereocenters. The van der Waals surface area contributed by atoms with Crippen LogP contribution in [0.4, 0.5) is 4.79 Å². The van der Waals surface area contributed by atoms with Gasteiger partial charge in [0.05, 0.1) is 12.0 Å². The number of rotatable bonds is 5. The lowest BCUT2D eigenvalue weighted by molar-refractivity contribution is -0.143. The Hall–Kier alpha value is -1.30. The summed E-state index contributed by atoms with van der Waals surface area (Å²) in [6.45, 7) is 4.00. The van der Waals surface area contributed by atoms with Crippen molar-refractivity contribution in [2.45, 2.75) is 57.6 Å². The summed E-state index contributed by atoms with van der Waals surface area (Å²) in [4.78, 5) is 25.1. The molecule has 0 spiro atoms. The number of amides is 2. The molecule has 120 valence electrons. The Labute approximate surface area is 125 Å². The number of urea groups is 1. The highest BCUT2D eigenvalue weighted by atomic mass is 16.5. The van der Waals surface area contributed by atoms with Gasteiger partial charge in [0.2, 0.25) is 0 Å². The van der Waals surface area contributed by atoms with E-state index < -0.39 is 5.97 Å². The van der Waals surface area contributed by atoms with E-state index in [4.69, 9.17) is 9.84 Å². The van der Waals surface area contributed by atoms with Gasteiger partial charge in [-0.15, -0.1) is 0 Å². The summed E-state index contributed by atoms with van der Waals surface area (Å²) < 4.78 is 5.57. The van der Waals surface area contributed by atoms with Crippen LogP contribution in [0.1, 0.15) is 45.4 Å². The van der Waals surface area contributed by atoms with Crippen LogP contribution in [0.15, 0.2) is 0 Å². The summed E-state index contributed by atoms with van der Waals surface area (Å²) in [5.41, 5.74) is 0. The molecule has 1 aliphatic heterocycles. The van der Waals surface area contributed by atoms with Gasteiger partial charge in [0.25, 0.3) is 0 Å².